The largest absolute Gasteiger partial charge is 0.305 e. The first kappa shape index (κ1) is 15.5. The molecule has 0 saturated carbocycles. The van der Waals surface area contributed by atoms with Crippen molar-refractivity contribution >= 4 is 28.3 Å². The van der Waals surface area contributed by atoms with Crippen LogP contribution in [0.15, 0.2) is 41.4 Å². The highest BCUT2D eigenvalue weighted by Crippen LogP contribution is 2.27. The van der Waals surface area contributed by atoms with Gasteiger partial charge in [-0.25, -0.2) is 4.99 Å². The van der Waals surface area contributed by atoms with E-state index >= 15 is 0 Å². The van der Waals surface area contributed by atoms with Gasteiger partial charge in [0.2, 0.25) is 0 Å². The van der Waals surface area contributed by atoms with E-state index in [1.54, 1.807) is 0 Å². The maximum atomic E-state index is 11.3. The molecule has 2 aliphatic rings. The fraction of sp³-hybridized carbons (Fsp3) is 0.444. The minimum Gasteiger partial charge on any atom is -0.299 e. The Labute approximate surface area is 136 Å². The second kappa shape index (κ2) is 7.25. The second-order valence-corrected chi connectivity index (χ2v) is 7.07. The molecule has 116 valence electrons. The van der Waals surface area contributed by atoms with Gasteiger partial charge in [0.05, 0.1) is 5.25 Å². The van der Waals surface area contributed by atoms with Crippen LogP contribution in [0.3, 0.4) is 0 Å². The molecule has 1 atom stereocenters. The third-order valence-corrected chi connectivity index (χ3v) is 5.51. The zero-order valence-electron chi connectivity index (χ0n) is 13.0. The average Bonchev–Trinajstić information content (AvgIpc) is 2.87. The van der Waals surface area contributed by atoms with Crippen molar-refractivity contribution in [3.63, 3.8) is 0 Å². The summed E-state index contributed by atoms with van der Waals surface area (Å²) in [5.74, 6) is 0. The van der Waals surface area contributed by atoms with Crippen LogP contribution in [0.2, 0.25) is 0 Å². The number of hydrogen-bond acceptors (Lipinski definition) is 3. The number of hydrogen-bond donors (Lipinski definition) is 0. The number of carbonyl (C=O) groups is 1. The van der Waals surface area contributed by atoms with E-state index < -0.39 is 0 Å². The molecule has 1 unspecified atom stereocenters. The normalized spacial score (nSPS) is 22.6. The van der Waals surface area contributed by atoms with Gasteiger partial charge in [-0.05, 0) is 43.9 Å². The van der Waals surface area contributed by atoms with E-state index in [0.717, 1.165) is 44.6 Å². The third-order valence-electron chi connectivity index (χ3n) is 4.36. The molecule has 0 bridgehead atoms. The highest BCUT2D eigenvalue weighted by Gasteiger charge is 2.24. The van der Waals surface area contributed by atoms with Crippen LogP contribution in [-0.2, 0) is 0 Å². The summed E-state index contributed by atoms with van der Waals surface area (Å²) in [6, 6.07) is 10.7. The van der Waals surface area contributed by atoms with Gasteiger partial charge in [0.15, 0.2) is 0 Å². The molecule has 3 nitrogen and oxygen atoms in total. The van der Waals surface area contributed by atoms with Gasteiger partial charge < -0.3 is 0 Å². The van der Waals surface area contributed by atoms with Crippen LogP contribution in [0.1, 0.15) is 31.7 Å². The minimum absolute atomic E-state index is 0.0177. The molecule has 4 heteroatoms. The molecule has 1 aromatic carbocycles. The van der Waals surface area contributed by atoms with Crippen molar-refractivity contribution in [2.75, 3.05) is 19.6 Å². The number of benzene rings is 1. The van der Waals surface area contributed by atoms with Crippen molar-refractivity contribution in [2.24, 2.45) is 4.99 Å². The Morgan fingerprint density at radius 1 is 1.32 bits per heavy atom. The van der Waals surface area contributed by atoms with E-state index in [1.807, 2.05) is 6.92 Å². The number of amides is 1. The first-order valence-electron chi connectivity index (χ1n) is 7.95. The van der Waals surface area contributed by atoms with Crippen molar-refractivity contribution in [3.8, 4) is 0 Å². The zero-order chi connectivity index (χ0) is 15.4. The molecule has 0 spiro atoms. The van der Waals surface area contributed by atoms with E-state index in [4.69, 9.17) is 0 Å². The molecule has 2 heterocycles. The SMILES string of the molecule is CC1=NC(=O)SC1CCCN1CC=C(c2ccccc2)CC1. The van der Waals surface area contributed by atoms with Crippen LogP contribution in [0.25, 0.3) is 5.57 Å². The maximum absolute atomic E-state index is 11.3. The monoisotopic (exact) mass is 314 g/mol. The Morgan fingerprint density at radius 3 is 2.77 bits per heavy atom. The number of aliphatic imine (C=N–C) groups is 1. The molecule has 0 aliphatic carbocycles. The fourth-order valence-electron chi connectivity index (χ4n) is 3.05. The molecule has 0 aromatic heterocycles. The highest BCUT2D eigenvalue weighted by molar-refractivity contribution is 8.15. The summed E-state index contributed by atoms with van der Waals surface area (Å²) in [6.45, 7) is 5.24. The highest BCUT2D eigenvalue weighted by atomic mass is 32.2. The van der Waals surface area contributed by atoms with E-state index in [2.05, 4.69) is 46.3 Å². The Hall–Kier alpha value is -1.39. The van der Waals surface area contributed by atoms with Crippen molar-refractivity contribution in [2.45, 2.75) is 31.4 Å². The number of rotatable bonds is 5. The van der Waals surface area contributed by atoms with Gasteiger partial charge in [0, 0.05) is 18.8 Å². The second-order valence-electron chi connectivity index (χ2n) is 5.91. The Morgan fingerprint density at radius 2 is 2.14 bits per heavy atom. The van der Waals surface area contributed by atoms with E-state index in [-0.39, 0.29) is 5.24 Å². The van der Waals surface area contributed by atoms with Gasteiger partial charge in [-0.1, -0.05) is 48.2 Å². The Bertz CT molecular complexity index is 594. The predicted octanol–water partition coefficient (Wildman–Crippen LogP) is 4.25. The summed E-state index contributed by atoms with van der Waals surface area (Å²) in [7, 11) is 0. The molecule has 3 rings (SSSR count). The van der Waals surface area contributed by atoms with Gasteiger partial charge >= 0.3 is 5.24 Å². The first-order valence-corrected chi connectivity index (χ1v) is 8.83. The van der Waals surface area contributed by atoms with Crippen LogP contribution in [0.5, 0.6) is 0 Å². The van der Waals surface area contributed by atoms with Crippen molar-refractivity contribution in [1.29, 1.82) is 0 Å². The summed E-state index contributed by atoms with van der Waals surface area (Å²) >= 11 is 1.38. The molecule has 2 aliphatic heterocycles. The molecule has 1 aromatic rings. The van der Waals surface area contributed by atoms with Crippen molar-refractivity contribution in [1.82, 2.24) is 4.90 Å². The standard InChI is InChI=1S/C18H22N2OS/c1-14-17(22-18(21)19-14)8-5-11-20-12-9-16(10-13-20)15-6-3-2-4-7-15/h2-4,6-7,9,17H,5,8,10-13H2,1H3. The number of nitrogens with zero attached hydrogens (tertiary/aromatic N) is 2. The van der Waals surface area contributed by atoms with Gasteiger partial charge in [0.25, 0.3) is 0 Å². The zero-order valence-corrected chi connectivity index (χ0v) is 13.8. The van der Waals surface area contributed by atoms with Crippen LogP contribution >= 0.6 is 11.8 Å². The smallest absolute Gasteiger partial charge is 0.299 e. The Balaban J connectivity index is 1.44. The fourth-order valence-corrected chi connectivity index (χ4v) is 3.99. The molecule has 0 N–H and O–H groups in total. The van der Waals surface area contributed by atoms with Crippen molar-refractivity contribution in [3.05, 3.63) is 42.0 Å². The molecule has 1 amide bonds. The third kappa shape index (κ3) is 3.87. The quantitative estimate of drug-likeness (QED) is 0.814. The summed E-state index contributed by atoms with van der Waals surface area (Å²) < 4.78 is 0. The molecular formula is C18H22N2OS. The van der Waals surface area contributed by atoms with Crippen LogP contribution in [-0.4, -0.2) is 40.7 Å². The number of carbonyl (C=O) groups excluding carboxylic acids is 1. The summed E-state index contributed by atoms with van der Waals surface area (Å²) in [5.41, 5.74) is 3.83. The molecule has 0 fully saturated rings. The van der Waals surface area contributed by atoms with Crippen LogP contribution in [0.4, 0.5) is 4.79 Å². The molecule has 0 saturated heterocycles. The molecular weight excluding hydrogens is 292 g/mol. The lowest BCUT2D eigenvalue weighted by Crippen LogP contribution is -2.30. The Kier molecular flexibility index (Phi) is 5.11. The summed E-state index contributed by atoms with van der Waals surface area (Å²) in [6.07, 6.45) is 5.67. The minimum atomic E-state index is -0.0177. The van der Waals surface area contributed by atoms with E-state index in [9.17, 15) is 4.79 Å². The lowest BCUT2D eigenvalue weighted by atomic mass is 9.99. The maximum Gasteiger partial charge on any atom is 0.305 e. The lowest BCUT2D eigenvalue weighted by molar-refractivity contribution is 0.268. The summed E-state index contributed by atoms with van der Waals surface area (Å²) in [5, 5.41) is 0.295. The van der Waals surface area contributed by atoms with Gasteiger partial charge in [-0.15, -0.1) is 0 Å². The van der Waals surface area contributed by atoms with Gasteiger partial charge in [0.1, 0.15) is 0 Å². The lowest BCUT2D eigenvalue weighted by Gasteiger charge is -2.26. The van der Waals surface area contributed by atoms with Gasteiger partial charge in [-0.2, -0.15) is 0 Å². The summed E-state index contributed by atoms with van der Waals surface area (Å²) in [4.78, 5) is 17.8. The first-order chi connectivity index (χ1) is 10.7. The number of thioether (sulfide) groups is 1. The topological polar surface area (TPSA) is 32.7 Å². The van der Waals surface area contributed by atoms with Gasteiger partial charge in [-0.3, -0.25) is 9.69 Å². The predicted molar refractivity (Wildman–Crippen MR) is 94.6 cm³/mol. The molecule has 0 radical (unpaired) electrons. The van der Waals surface area contributed by atoms with E-state index in [1.165, 1.54) is 22.9 Å². The van der Waals surface area contributed by atoms with Crippen LogP contribution < -0.4 is 0 Å². The average molecular weight is 314 g/mol. The van der Waals surface area contributed by atoms with Crippen LogP contribution in [0, 0.1) is 0 Å². The van der Waals surface area contributed by atoms with Crippen molar-refractivity contribution < 1.29 is 4.79 Å². The van der Waals surface area contributed by atoms with E-state index in [0.29, 0.717) is 5.25 Å². The molecule has 22 heavy (non-hydrogen) atoms.